The summed E-state index contributed by atoms with van der Waals surface area (Å²) in [5.41, 5.74) is 2.49. The molecule has 0 spiro atoms. The van der Waals surface area contributed by atoms with E-state index >= 15 is 0 Å². The van der Waals surface area contributed by atoms with Gasteiger partial charge in [-0.3, -0.25) is 5.21 Å². The molecule has 0 bridgehead atoms. The largest absolute Gasteiger partial charge is 0.361 e. The lowest BCUT2D eigenvalue weighted by Crippen LogP contribution is -2.28. The maximum Gasteiger partial charge on any atom is 0.361 e. The molecular formula is CH3N3O3. The minimum Gasteiger partial charge on any atom is -0.287 e. The summed E-state index contributed by atoms with van der Waals surface area (Å²) in [5, 5.41) is 9.54. The van der Waals surface area contributed by atoms with Gasteiger partial charge in [-0.05, 0) is 0 Å². The first-order chi connectivity index (χ1) is 3.31. The molecule has 40 valence electrons. The summed E-state index contributed by atoms with van der Waals surface area (Å²) in [5.74, 6) is 0. The van der Waals surface area contributed by atoms with Crippen molar-refractivity contribution in [2.24, 2.45) is 5.29 Å². The second-order valence-corrected chi connectivity index (χ2v) is 0.644. The quantitative estimate of drug-likeness (QED) is 0.235. The molecule has 6 heteroatoms. The van der Waals surface area contributed by atoms with E-state index in [2.05, 4.69) is 0 Å². The molecule has 0 atom stereocenters. The predicted molar refractivity (Wildman–Crippen MR) is 19.2 cm³/mol. The van der Waals surface area contributed by atoms with Crippen LogP contribution in [0.2, 0.25) is 0 Å². The van der Waals surface area contributed by atoms with Crippen LogP contribution in [0.15, 0.2) is 5.29 Å². The van der Waals surface area contributed by atoms with E-state index in [9.17, 15) is 4.79 Å². The number of urea groups is 1. The Hall–Kier alpha value is -1.17. The van der Waals surface area contributed by atoms with Crippen LogP contribution < -0.4 is 10.9 Å². The molecule has 0 saturated carbocycles. The summed E-state index contributed by atoms with van der Waals surface area (Å²) in [6.45, 7) is 0. The number of rotatable bonds is 1. The van der Waals surface area contributed by atoms with Crippen LogP contribution in [0.1, 0.15) is 0 Å². The van der Waals surface area contributed by atoms with Gasteiger partial charge in [0.25, 0.3) is 0 Å². The van der Waals surface area contributed by atoms with Gasteiger partial charge in [0, 0.05) is 0 Å². The third-order valence-electron chi connectivity index (χ3n) is 0.249. The number of hydroxylamine groups is 1. The van der Waals surface area contributed by atoms with E-state index in [0.717, 1.165) is 5.48 Å². The zero-order chi connectivity index (χ0) is 5.70. The first-order valence-corrected chi connectivity index (χ1v) is 1.33. The maximum atomic E-state index is 9.65. The smallest absolute Gasteiger partial charge is 0.287 e. The molecule has 0 aromatic rings. The van der Waals surface area contributed by atoms with Crippen molar-refractivity contribution in [3.63, 3.8) is 0 Å². The van der Waals surface area contributed by atoms with Gasteiger partial charge in [0.2, 0.25) is 0 Å². The molecule has 0 heterocycles. The highest BCUT2D eigenvalue weighted by Gasteiger charge is 1.89. The van der Waals surface area contributed by atoms with Gasteiger partial charge in [0.1, 0.15) is 0 Å². The first-order valence-electron chi connectivity index (χ1n) is 1.33. The molecule has 0 fully saturated rings. The van der Waals surface area contributed by atoms with E-state index in [1.807, 2.05) is 5.29 Å². The fraction of sp³-hybridized carbons (Fsp3) is 0. The van der Waals surface area contributed by atoms with Crippen molar-refractivity contribution in [1.29, 1.82) is 0 Å². The minimum atomic E-state index is -1.05. The molecule has 0 aromatic heterocycles. The van der Waals surface area contributed by atoms with Gasteiger partial charge in [-0.2, -0.15) is 5.43 Å². The molecule has 0 aromatic carbocycles. The molecule has 0 radical (unpaired) electrons. The zero-order valence-corrected chi connectivity index (χ0v) is 3.21. The van der Waals surface area contributed by atoms with Crippen LogP contribution in [0.25, 0.3) is 0 Å². The summed E-state index contributed by atoms with van der Waals surface area (Å²) >= 11 is 0. The minimum absolute atomic E-state index is 1.05. The van der Waals surface area contributed by atoms with Crippen LogP contribution in [0.3, 0.4) is 0 Å². The molecule has 2 amide bonds. The molecule has 6 nitrogen and oxygen atoms in total. The number of nitroso groups, excluding NO2 is 1. The van der Waals surface area contributed by atoms with E-state index in [1.54, 1.807) is 0 Å². The van der Waals surface area contributed by atoms with Gasteiger partial charge in [-0.25, -0.2) is 10.3 Å². The highest BCUT2D eigenvalue weighted by Crippen LogP contribution is 1.55. The average Bonchev–Trinajstić information content (AvgIpc) is 1.68. The molecule has 0 saturated heterocycles. The van der Waals surface area contributed by atoms with Crippen molar-refractivity contribution in [2.75, 3.05) is 0 Å². The Morgan fingerprint density at radius 1 is 1.71 bits per heavy atom. The molecule has 0 aliphatic rings. The van der Waals surface area contributed by atoms with Gasteiger partial charge in [-0.15, -0.1) is 4.91 Å². The third kappa shape index (κ3) is 2.64. The SMILES string of the molecule is O=NNC(=O)NO. The number of hydrogen-bond acceptors (Lipinski definition) is 4. The van der Waals surface area contributed by atoms with Crippen LogP contribution >= 0.6 is 0 Å². The summed E-state index contributed by atoms with van der Waals surface area (Å²) in [4.78, 5) is 18.7. The third-order valence-corrected chi connectivity index (χ3v) is 0.249. The summed E-state index contributed by atoms with van der Waals surface area (Å²) in [6.07, 6.45) is 0. The van der Waals surface area contributed by atoms with Crippen LogP contribution in [-0.4, -0.2) is 11.2 Å². The summed E-state index contributed by atoms with van der Waals surface area (Å²) in [7, 11) is 0. The second kappa shape index (κ2) is 3.04. The Balaban J connectivity index is 3.17. The normalized spacial score (nSPS) is 7.00. The molecule has 3 N–H and O–H groups in total. The lowest BCUT2D eigenvalue weighted by molar-refractivity contribution is 0.162. The van der Waals surface area contributed by atoms with Gasteiger partial charge >= 0.3 is 6.03 Å². The Kier molecular flexibility index (Phi) is 2.53. The maximum absolute atomic E-state index is 9.65. The van der Waals surface area contributed by atoms with Crippen LogP contribution in [0, 0.1) is 4.91 Å². The lowest BCUT2D eigenvalue weighted by Gasteiger charge is -1.87. The van der Waals surface area contributed by atoms with Crippen molar-refractivity contribution in [1.82, 2.24) is 10.9 Å². The Morgan fingerprint density at radius 3 is 2.43 bits per heavy atom. The Morgan fingerprint density at radius 2 is 2.29 bits per heavy atom. The fourth-order valence-corrected chi connectivity index (χ4v) is 0.0665. The van der Waals surface area contributed by atoms with Crippen molar-refractivity contribution in [3.05, 3.63) is 4.91 Å². The Labute approximate surface area is 38.4 Å². The highest BCUT2D eigenvalue weighted by atomic mass is 16.5. The number of hydrogen-bond donors (Lipinski definition) is 3. The van der Waals surface area contributed by atoms with E-state index in [1.165, 1.54) is 5.43 Å². The molecule has 0 unspecified atom stereocenters. The van der Waals surface area contributed by atoms with Crippen LogP contribution in [0.4, 0.5) is 4.79 Å². The highest BCUT2D eigenvalue weighted by molar-refractivity contribution is 5.71. The first kappa shape index (κ1) is 5.83. The van der Waals surface area contributed by atoms with Crippen molar-refractivity contribution in [3.8, 4) is 0 Å². The summed E-state index contributed by atoms with van der Waals surface area (Å²) in [6, 6.07) is -1.05. The fourth-order valence-electron chi connectivity index (χ4n) is 0.0665. The van der Waals surface area contributed by atoms with E-state index in [-0.39, 0.29) is 0 Å². The van der Waals surface area contributed by atoms with Crippen LogP contribution in [0.5, 0.6) is 0 Å². The Bertz CT molecular complexity index is 80.2. The molecule has 7 heavy (non-hydrogen) atoms. The van der Waals surface area contributed by atoms with Gasteiger partial charge in [-0.1, -0.05) is 0 Å². The lowest BCUT2D eigenvalue weighted by atomic mass is 11.1. The van der Waals surface area contributed by atoms with E-state index in [4.69, 9.17) is 10.1 Å². The van der Waals surface area contributed by atoms with Crippen molar-refractivity contribution >= 4 is 6.03 Å². The molecular weight excluding hydrogens is 102 g/mol. The molecule has 0 rings (SSSR count). The topological polar surface area (TPSA) is 90.8 Å². The number of nitrogens with zero attached hydrogens (tertiary/aromatic N) is 1. The number of nitrogens with one attached hydrogen (secondary N) is 2. The average molecular weight is 105 g/mol. The number of carbonyl (C=O) groups excluding carboxylic acids is 1. The number of amides is 2. The van der Waals surface area contributed by atoms with E-state index in [0.29, 0.717) is 0 Å². The van der Waals surface area contributed by atoms with Crippen LogP contribution in [-0.2, 0) is 0 Å². The van der Waals surface area contributed by atoms with Gasteiger partial charge in [0.05, 0.1) is 5.29 Å². The zero-order valence-electron chi connectivity index (χ0n) is 3.21. The van der Waals surface area contributed by atoms with Crippen molar-refractivity contribution in [2.45, 2.75) is 0 Å². The summed E-state index contributed by atoms with van der Waals surface area (Å²) < 4.78 is 0. The van der Waals surface area contributed by atoms with Gasteiger partial charge < -0.3 is 0 Å². The standard InChI is InChI=1S/CH3N3O3/c5-1(3-6)2-4-7/h6H,(H2,2,3,5,7). The second-order valence-electron chi connectivity index (χ2n) is 0.644. The monoisotopic (exact) mass is 105 g/mol. The van der Waals surface area contributed by atoms with Gasteiger partial charge in [0.15, 0.2) is 0 Å². The number of carbonyl (C=O) groups is 1. The van der Waals surface area contributed by atoms with Crippen molar-refractivity contribution < 1.29 is 10.0 Å². The molecule has 0 aliphatic carbocycles. The van der Waals surface area contributed by atoms with E-state index < -0.39 is 6.03 Å². The predicted octanol–water partition coefficient (Wildman–Crippen LogP) is -0.644. The molecule has 0 aliphatic heterocycles.